The summed E-state index contributed by atoms with van der Waals surface area (Å²) in [5.41, 5.74) is 1.10. The molecule has 1 aromatic rings. The molecule has 1 aromatic carbocycles. The molecule has 0 radical (unpaired) electrons. The van der Waals surface area contributed by atoms with E-state index in [2.05, 4.69) is 5.32 Å². The molecule has 21 heavy (non-hydrogen) atoms. The van der Waals surface area contributed by atoms with Gasteiger partial charge in [0.25, 0.3) is 0 Å². The predicted octanol–water partition coefficient (Wildman–Crippen LogP) is 2.98. The molecule has 1 N–H and O–H groups in total. The van der Waals surface area contributed by atoms with Crippen molar-refractivity contribution in [2.24, 2.45) is 0 Å². The van der Waals surface area contributed by atoms with E-state index in [1.807, 2.05) is 31.2 Å². The molecule has 0 bridgehead atoms. The Morgan fingerprint density at radius 1 is 1.33 bits per heavy atom. The third-order valence-corrected chi connectivity index (χ3v) is 3.78. The summed E-state index contributed by atoms with van der Waals surface area (Å²) in [5, 5.41) is 3.40. The molecule has 6 heteroatoms. The number of hydrogen-bond acceptors (Lipinski definition) is 3. The topological polar surface area (TPSA) is 24.5 Å². The van der Waals surface area contributed by atoms with Gasteiger partial charge in [0, 0.05) is 25.2 Å². The van der Waals surface area contributed by atoms with Crippen molar-refractivity contribution in [3.63, 3.8) is 0 Å². The summed E-state index contributed by atoms with van der Waals surface area (Å²) in [6.45, 7) is 2.14. The van der Waals surface area contributed by atoms with E-state index >= 15 is 0 Å². The van der Waals surface area contributed by atoms with E-state index in [1.54, 1.807) is 7.11 Å². The van der Waals surface area contributed by atoms with E-state index in [-0.39, 0.29) is 12.1 Å². The van der Waals surface area contributed by atoms with Gasteiger partial charge in [-0.05, 0) is 31.0 Å². The molecule has 0 unspecified atom stereocenters. The van der Waals surface area contributed by atoms with Crippen molar-refractivity contribution in [2.75, 3.05) is 26.7 Å². The van der Waals surface area contributed by atoms with Gasteiger partial charge in [0.15, 0.2) is 0 Å². The van der Waals surface area contributed by atoms with Gasteiger partial charge in [0.2, 0.25) is 0 Å². The fourth-order valence-electron chi connectivity index (χ4n) is 2.71. The van der Waals surface area contributed by atoms with Crippen LogP contribution in [-0.2, 0) is 0 Å². The minimum absolute atomic E-state index is 0.101. The third kappa shape index (κ3) is 4.89. The smallest absolute Gasteiger partial charge is 0.401 e. The summed E-state index contributed by atoms with van der Waals surface area (Å²) < 4.78 is 42.2. The largest absolute Gasteiger partial charge is 0.497 e. The van der Waals surface area contributed by atoms with Crippen LogP contribution in [0.5, 0.6) is 5.75 Å². The second-order valence-corrected chi connectivity index (χ2v) is 5.50. The number of rotatable bonds is 5. The Kier molecular flexibility index (Phi) is 5.11. The molecule has 1 aliphatic heterocycles. The second kappa shape index (κ2) is 6.66. The van der Waals surface area contributed by atoms with Crippen molar-refractivity contribution >= 4 is 0 Å². The van der Waals surface area contributed by atoms with Crippen LogP contribution in [0.25, 0.3) is 0 Å². The molecule has 118 valence electrons. The average molecular weight is 302 g/mol. The van der Waals surface area contributed by atoms with Crippen LogP contribution in [-0.4, -0.2) is 43.9 Å². The molecule has 1 fully saturated rings. The van der Waals surface area contributed by atoms with E-state index in [9.17, 15) is 13.2 Å². The number of hydrogen-bond donors (Lipinski definition) is 1. The van der Waals surface area contributed by atoms with Gasteiger partial charge >= 0.3 is 6.18 Å². The van der Waals surface area contributed by atoms with Crippen LogP contribution in [0, 0.1) is 0 Å². The van der Waals surface area contributed by atoms with Gasteiger partial charge < -0.3 is 10.1 Å². The van der Waals surface area contributed by atoms with E-state index in [1.165, 1.54) is 4.90 Å². The Morgan fingerprint density at radius 2 is 2.00 bits per heavy atom. The SMILES string of the molecule is COc1ccc([C@@H](C)N[C@H]2CCN(CC(F)(F)F)C2)cc1. The number of nitrogens with zero attached hydrogens (tertiary/aromatic N) is 1. The molecule has 1 aliphatic rings. The highest BCUT2D eigenvalue weighted by Crippen LogP contribution is 2.22. The van der Waals surface area contributed by atoms with Gasteiger partial charge in [0.05, 0.1) is 13.7 Å². The lowest BCUT2D eigenvalue weighted by Gasteiger charge is -2.21. The fourth-order valence-corrected chi connectivity index (χ4v) is 2.71. The van der Waals surface area contributed by atoms with E-state index in [4.69, 9.17) is 4.74 Å². The average Bonchev–Trinajstić information content (AvgIpc) is 2.83. The van der Waals surface area contributed by atoms with Crippen molar-refractivity contribution in [3.05, 3.63) is 29.8 Å². The first kappa shape index (κ1) is 16.1. The highest BCUT2D eigenvalue weighted by atomic mass is 19.4. The van der Waals surface area contributed by atoms with Crippen LogP contribution in [0.1, 0.15) is 24.9 Å². The molecule has 0 amide bonds. The molecule has 3 nitrogen and oxygen atoms in total. The van der Waals surface area contributed by atoms with Crippen molar-refractivity contribution in [1.29, 1.82) is 0 Å². The number of likely N-dealkylation sites (tertiary alicyclic amines) is 1. The van der Waals surface area contributed by atoms with E-state index in [0.29, 0.717) is 13.1 Å². The fraction of sp³-hybridized carbons (Fsp3) is 0.600. The van der Waals surface area contributed by atoms with E-state index in [0.717, 1.165) is 17.7 Å². The Labute approximate surface area is 123 Å². The summed E-state index contributed by atoms with van der Waals surface area (Å²) in [4.78, 5) is 1.46. The zero-order chi connectivity index (χ0) is 15.5. The van der Waals surface area contributed by atoms with Crippen LogP contribution < -0.4 is 10.1 Å². The van der Waals surface area contributed by atoms with E-state index < -0.39 is 12.7 Å². The maximum absolute atomic E-state index is 12.4. The number of benzene rings is 1. The van der Waals surface area contributed by atoms with Gasteiger partial charge in [-0.15, -0.1) is 0 Å². The maximum Gasteiger partial charge on any atom is 0.401 e. The summed E-state index contributed by atoms with van der Waals surface area (Å²) >= 11 is 0. The van der Waals surface area contributed by atoms with Gasteiger partial charge in [-0.1, -0.05) is 12.1 Å². The summed E-state index contributed by atoms with van der Waals surface area (Å²) in [6.07, 6.45) is -3.37. The monoisotopic (exact) mass is 302 g/mol. The number of alkyl halides is 3. The van der Waals surface area contributed by atoms with Crippen molar-refractivity contribution in [2.45, 2.75) is 31.6 Å². The summed E-state index contributed by atoms with van der Waals surface area (Å²) in [5.74, 6) is 0.795. The van der Waals surface area contributed by atoms with Gasteiger partial charge in [0.1, 0.15) is 5.75 Å². The highest BCUT2D eigenvalue weighted by Gasteiger charge is 2.34. The quantitative estimate of drug-likeness (QED) is 0.905. The normalized spacial score (nSPS) is 21.5. The number of ether oxygens (including phenoxy) is 1. The first-order chi connectivity index (χ1) is 9.87. The lowest BCUT2D eigenvalue weighted by Crippen LogP contribution is -2.37. The first-order valence-corrected chi connectivity index (χ1v) is 7.06. The standard InChI is InChI=1S/C15H21F3N2O/c1-11(12-3-5-14(21-2)6-4-12)19-13-7-8-20(9-13)10-15(16,17)18/h3-6,11,13,19H,7-10H2,1-2H3/t11-,13+/m1/s1. The lowest BCUT2D eigenvalue weighted by atomic mass is 10.1. The Bertz CT molecular complexity index is 447. The molecule has 0 aliphatic carbocycles. The van der Waals surface area contributed by atoms with Crippen LogP contribution in [0.15, 0.2) is 24.3 Å². The number of halogens is 3. The lowest BCUT2D eigenvalue weighted by molar-refractivity contribution is -0.143. The molecular formula is C15H21F3N2O. The zero-order valence-electron chi connectivity index (χ0n) is 12.3. The minimum atomic E-state index is -4.11. The minimum Gasteiger partial charge on any atom is -0.497 e. The zero-order valence-corrected chi connectivity index (χ0v) is 12.3. The molecule has 2 atom stereocenters. The van der Waals surface area contributed by atoms with Crippen LogP contribution in [0.2, 0.25) is 0 Å². The first-order valence-electron chi connectivity index (χ1n) is 7.06. The molecule has 0 aromatic heterocycles. The van der Waals surface area contributed by atoms with Crippen molar-refractivity contribution in [1.82, 2.24) is 10.2 Å². The van der Waals surface area contributed by atoms with Crippen LogP contribution in [0.4, 0.5) is 13.2 Å². The van der Waals surface area contributed by atoms with Gasteiger partial charge in [-0.25, -0.2) is 0 Å². The Hall–Kier alpha value is -1.27. The van der Waals surface area contributed by atoms with Crippen LogP contribution >= 0.6 is 0 Å². The molecule has 0 saturated carbocycles. The molecular weight excluding hydrogens is 281 g/mol. The number of methoxy groups -OCH3 is 1. The van der Waals surface area contributed by atoms with Gasteiger partial charge in [-0.2, -0.15) is 13.2 Å². The predicted molar refractivity (Wildman–Crippen MR) is 75.4 cm³/mol. The van der Waals surface area contributed by atoms with Gasteiger partial charge in [-0.3, -0.25) is 4.90 Å². The Balaban J connectivity index is 1.84. The maximum atomic E-state index is 12.4. The second-order valence-electron chi connectivity index (χ2n) is 5.50. The highest BCUT2D eigenvalue weighted by molar-refractivity contribution is 5.28. The number of nitrogens with one attached hydrogen (secondary N) is 1. The third-order valence-electron chi connectivity index (χ3n) is 3.78. The summed E-state index contributed by atoms with van der Waals surface area (Å²) in [7, 11) is 1.62. The molecule has 2 rings (SSSR count). The van der Waals surface area contributed by atoms with Crippen molar-refractivity contribution < 1.29 is 17.9 Å². The van der Waals surface area contributed by atoms with Crippen molar-refractivity contribution in [3.8, 4) is 5.75 Å². The molecule has 1 heterocycles. The molecule has 0 spiro atoms. The Morgan fingerprint density at radius 3 is 2.57 bits per heavy atom. The summed E-state index contributed by atoms with van der Waals surface area (Å²) in [6, 6.07) is 7.92. The van der Waals surface area contributed by atoms with Crippen LogP contribution in [0.3, 0.4) is 0 Å². The molecule has 1 saturated heterocycles.